The third kappa shape index (κ3) is 2.39. The maximum Gasteiger partial charge on any atom is 0.277 e. The molecule has 19 heavy (non-hydrogen) atoms. The second-order valence-electron chi connectivity index (χ2n) is 5.45. The summed E-state index contributed by atoms with van der Waals surface area (Å²) in [5, 5.41) is 1.53. The van der Waals surface area contributed by atoms with Crippen molar-refractivity contribution in [2.24, 2.45) is 0 Å². The third-order valence-corrected chi connectivity index (χ3v) is 4.44. The van der Waals surface area contributed by atoms with Crippen LogP contribution in [0.25, 0.3) is 0 Å². The van der Waals surface area contributed by atoms with E-state index in [9.17, 15) is 4.79 Å². The molecule has 0 aliphatic carbocycles. The quantitative estimate of drug-likeness (QED) is 0.775. The van der Waals surface area contributed by atoms with Gasteiger partial charge in [-0.3, -0.25) is 9.63 Å². The van der Waals surface area contributed by atoms with E-state index in [-0.39, 0.29) is 5.91 Å². The first-order valence-electron chi connectivity index (χ1n) is 6.97. The predicted octanol–water partition coefficient (Wildman–Crippen LogP) is 3.40. The van der Waals surface area contributed by atoms with Crippen molar-refractivity contribution >= 4 is 5.91 Å². The topological polar surface area (TPSA) is 29.5 Å². The van der Waals surface area contributed by atoms with Gasteiger partial charge in [0, 0.05) is 12.1 Å². The number of benzene rings is 1. The molecule has 3 nitrogen and oxygen atoms in total. The number of rotatable bonds is 1. The van der Waals surface area contributed by atoms with Crippen LogP contribution in [0.3, 0.4) is 0 Å². The van der Waals surface area contributed by atoms with Crippen LogP contribution in [0.2, 0.25) is 0 Å². The Kier molecular flexibility index (Phi) is 3.95. The van der Waals surface area contributed by atoms with E-state index >= 15 is 0 Å². The molecule has 1 amide bonds. The second kappa shape index (κ2) is 5.33. The van der Waals surface area contributed by atoms with Gasteiger partial charge in [0.1, 0.15) is 0 Å². The highest BCUT2D eigenvalue weighted by Gasteiger charge is 2.24. The van der Waals surface area contributed by atoms with E-state index in [1.807, 2.05) is 13.8 Å². The van der Waals surface area contributed by atoms with Crippen molar-refractivity contribution in [1.29, 1.82) is 0 Å². The monoisotopic (exact) mass is 261 g/mol. The zero-order valence-corrected chi connectivity index (χ0v) is 12.6. The van der Waals surface area contributed by atoms with Crippen molar-refractivity contribution in [3.05, 3.63) is 33.4 Å². The second-order valence-corrected chi connectivity index (χ2v) is 5.45. The summed E-state index contributed by atoms with van der Waals surface area (Å²) in [7, 11) is 0. The minimum atomic E-state index is 0.0147. The van der Waals surface area contributed by atoms with Gasteiger partial charge in [-0.05, 0) is 75.3 Å². The fourth-order valence-corrected chi connectivity index (χ4v) is 2.70. The molecule has 0 bridgehead atoms. The first kappa shape index (κ1) is 14.1. The van der Waals surface area contributed by atoms with Gasteiger partial charge in [0.2, 0.25) is 0 Å². The van der Waals surface area contributed by atoms with Crippen molar-refractivity contribution in [3.8, 4) is 0 Å². The Morgan fingerprint density at radius 3 is 1.89 bits per heavy atom. The zero-order chi connectivity index (χ0) is 14.2. The molecular formula is C16H23NO2. The van der Waals surface area contributed by atoms with Gasteiger partial charge in [-0.1, -0.05) is 0 Å². The molecule has 1 aliphatic rings. The fraction of sp³-hybridized carbons (Fsp3) is 0.562. The largest absolute Gasteiger partial charge is 0.277 e. The molecule has 2 rings (SSSR count). The van der Waals surface area contributed by atoms with Gasteiger partial charge in [0.25, 0.3) is 5.91 Å². The lowest BCUT2D eigenvalue weighted by molar-refractivity contribution is -0.144. The highest BCUT2D eigenvalue weighted by molar-refractivity contribution is 5.97. The number of carbonyl (C=O) groups excluding carboxylic acids is 1. The van der Waals surface area contributed by atoms with E-state index in [0.29, 0.717) is 13.2 Å². The third-order valence-electron chi connectivity index (χ3n) is 4.44. The standard InChI is InChI=1S/C16H23NO2/c1-10-11(2)13(4)15(14(5)12(10)3)16(18)17-8-6-7-9-19-17/h6-9H2,1-5H3. The van der Waals surface area contributed by atoms with Crippen LogP contribution in [0.4, 0.5) is 0 Å². The Labute approximate surface area is 115 Å². The Bertz CT molecular complexity index is 485. The van der Waals surface area contributed by atoms with Crippen LogP contribution in [0, 0.1) is 34.6 Å². The Morgan fingerprint density at radius 2 is 1.42 bits per heavy atom. The maximum absolute atomic E-state index is 12.7. The molecule has 0 spiro atoms. The lowest BCUT2D eigenvalue weighted by Gasteiger charge is -2.28. The van der Waals surface area contributed by atoms with Gasteiger partial charge >= 0.3 is 0 Å². The van der Waals surface area contributed by atoms with Crippen molar-refractivity contribution in [1.82, 2.24) is 5.06 Å². The normalized spacial score (nSPS) is 15.7. The maximum atomic E-state index is 12.7. The summed E-state index contributed by atoms with van der Waals surface area (Å²) in [5.41, 5.74) is 6.69. The number of hydrogen-bond donors (Lipinski definition) is 0. The van der Waals surface area contributed by atoms with Gasteiger partial charge in [-0.25, -0.2) is 5.06 Å². The first-order valence-corrected chi connectivity index (χ1v) is 6.97. The Hall–Kier alpha value is -1.35. The molecule has 3 heteroatoms. The van der Waals surface area contributed by atoms with Crippen LogP contribution in [0.15, 0.2) is 0 Å². The number of carbonyl (C=O) groups is 1. The molecule has 0 radical (unpaired) electrons. The molecule has 0 atom stereocenters. The minimum Gasteiger partial charge on any atom is -0.271 e. The van der Waals surface area contributed by atoms with Gasteiger partial charge in [0.15, 0.2) is 0 Å². The van der Waals surface area contributed by atoms with E-state index < -0.39 is 0 Å². The minimum absolute atomic E-state index is 0.0147. The van der Waals surface area contributed by atoms with Crippen molar-refractivity contribution < 1.29 is 9.63 Å². The summed E-state index contributed by atoms with van der Waals surface area (Å²) in [6.07, 6.45) is 2.06. The van der Waals surface area contributed by atoms with Gasteiger partial charge in [0.05, 0.1) is 6.61 Å². The summed E-state index contributed by atoms with van der Waals surface area (Å²) in [6.45, 7) is 11.7. The van der Waals surface area contributed by atoms with Crippen LogP contribution in [-0.4, -0.2) is 24.1 Å². The SMILES string of the molecule is Cc1c(C)c(C)c(C(=O)N2CCCCO2)c(C)c1C. The smallest absolute Gasteiger partial charge is 0.271 e. The van der Waals surface area contributed by atoms with Crippen LogP contribution in [0.1, 0.15) is 51.0 Å². The predicted molar refractivity (Wildman–Crippen MR) is 76.3 cm³/mol. The highest BCUT2D eigenvalue weighted by Crippen LogP contribution is 2.27. The summed E-state index contributed by atoms with van der Waals surface area (Å²) in [4.78, 5) is 18.2. The molecule has 1 aromatic rings. The molecular weight excluding hydrogens is 238 g/mol. The number of nitrogens with zero attached hydrogens (tertiary/aromatic N) is 1. The Morgan fingerprint density at radius 1 is 0.895 bits per heavy atom. The number of hydroxylamine groups is 2. The summed E-state index contributed by atoms with van der Waals surface area (Å²) in [5.74, 6) is 0.0147. The molecule has 1 aromatic carbocycles. The average molecular weight is 261 g/mol. The molecule has 1 saturated heterocycles. The average Bonchev–Trinajstić information content (AvgIpc) is 2.44. The summed E-state index contributed by atoms with van der Waals surface area (Å²) in [6, 6.07) is 0. The summed E-state index contributed by atoms with van der Waals surface area (Å²) >= 11 is 0. The van der Waals surface area contributed by atoms with E-state index in [1.54, 1.807) is 0 Å². The van der Waals surface area contributed by atoms with Crippen LogP contribution in [-0.2, 0) is 4.84 Å². The van der Waals surface area contributed by atoms with Gasteiger partial charge < -0.3 is 0 Å². The molecule has 104 valence electrons. The van der Waals surface area contributed by atoms with Gasteiger partial charge in [-0.15, -0.1) is 0 Å². The molecule has 0 N–H and O–H groups in total. The van der Waals surface area contributed by atoms with Crippen LogP contribution in [0.5, 0.6) is 0 Å². The Balaban J connectivity index is 2.47. The van der Waals surface area contributed by atoms with E-state index in [4.69, 9.17) is 4.84 Å². The van der Waals surface area contributed by atoms with Crippen molar-refractivity contribution in [3.63, 3.8) is 0 Å². The van der Waals surface area contributed by atoms with Crippen LogP contribution < -0.4 is 0 Å². The summed E-state index contributed by atoms with van der Waals surface area (Å²) < 4.78 is 0. The molecule has 0 saturated carbocycles. The lowest BCUT2D eigenvalue weighted by atomic mass is 9.89. The fourth-order valence-electron chi connectivity index (χ4n) is 2.70. The number of amides is 1. The molecule has 1 heterocycles. The van der Waals surface area contributed by atoms with Crippen molar-refractivity contribution in [2.75, 3.05) is 13.2 Å². The van der Waals surface area contributed by atoms with Crippen molar-refractivity contribution in [2.45, 2.75) is 47.5 Å². The molecule has 0 unspecified atom stereocenters. The van der Waals surface area contributed by atoms with Crippen LogP contribution >= 0.6 is 0 Å². The lowest BCUT2D eigenvalue weighted by Crippen LogP contribution is -2.36. The highest BCUT2D eigenvalue weighted by atomic mass is 16.7. The van der Waals surface area contributed by atoms with E-state index in [1.165, 1.54) is 21.8 Å². The van der Waals surface area contributed by atoms with Gasteiger partial charge in [-0.2, -0.15) is 0 Å². The first-order chi connectivity index (χ1) is 8.95. The number of hydrogen-bond acceptors (Lipinski definition) is 2. The van der Waals surface area contributed by atoms with E-state index in [0.717, 1.165) is 29.5 Å². The zero-order valence-electron chi connectivity index (χ0n) is 12.6. The molecule has 1 aliphatic heterocycles. The molecule has 1 fully saturated rings. The molecule has 0 aromatic heterocycles. The van der Waals surface area contributed by atoms with E-state index in [2.05, 4.69) is 20.8 Å².